The molecule has 0 radical (unpaired) electrons. The van der Waals surface area contributed by atoms with Crippen LogP contribution in [0.15, 0.2) is 158 Å². The van der Waals surface area contributed by atoms with Crippen molar-refractivity contribution in [3.05, 3.63) is 158 Å². The smallest absolute Gasteiger partial charge is 0.138 e. The zero-order chi connectivity index (χ0) is 35.4. The van der Waals surface area contributed by atoms with E-state index in [0.717, 1.165) is 43.3 Å². The molecule has 1 nitrogen and oxygen atoms in total. The van der Waals surface area contributed by atoms with Crippen molar-refractivity contribution in [2.45, 2.75) is 51.6 Å². The molecule has 0 bridgehead atoms. The summed E-state index contributed by atoms with van der Waals surface area (Å²) in [6.07, 6.45) is 0. The van der Waals surface area contributed by atoms with Crippen LogP contribution in [0, 0.1) is 0 Å². The third-order valence-corrected chi connectivity index (χ3v) is 27.2. The second-order valence-corrected chi connectivity index (χ2v) is 29.6. The lowest BCUT2D eigenvalue weighted by Crippen LogP contribution is -2.72. The van der Waals surface area contributed by atoms with Gasteiger partial charge >= 0.3 is 0 Å². The molecular formula is C44H44OP2S2Si. The van der Waals surface area contributed by atoms with Gasteiger partial charge in [-0.1, -0.05) is 211 Å². The summed E-state index contributed by atoms with van der Waals surface area (Å²) < 4.78 is 7.62. The van der Waals surface area contributed by atoms with Crippen LogP contribution in [0.1, 0.15) is 41.5 Å². The van der Waals surface area contributed by atoms with Crippen LogP contribution in [-0.2, 0) is 23.6 Å². The van der Waals surface area contributed by atoms with E-state index in [2.05, 4.69) is 199 Å². The van der Waals surface area contributed by atoms with Crippen molar-refractivity contribution in [2.24, 2.45) is 0 Å². The molecule has 0 fully saturated rings. The standard InChI is InChI=1S/C44H44OP2S2Si/c1-43(2,3)50(44(4,5)6)39-31-19-29-37(46(48,33-21-11-7-12-22-33)34-23-13-8-14-24-34)41(39)45-42-38(30-20-32-40(42)50)47(49,35-25-15-9-16-26-35)36-27-17-10-18-28-36/h7-32H,1-6H3. The molecule has 0 spiro atoms. The summed E-state index contributed by atoms with van der Waals surface area (Å²) >= 11 is 14.1. The molecule has 0 saturated carbocycles. The van der Waals surface area contributed by atoms with E-state index in [4.69, 9.17) is 28.4 Å². The molecule has 0 saturated heterocycles. The first-order valence-electron chi connectivity index (χ1n) is 17.2. The van der Waals surface area contributed by atoms with Crippen molar-refractivity contribution in [3.63, 3.8) is 0 Å². The molecule has 6 aromatic rings. The number of para-hydroxylation sites is 2. The lowest BCUT2D eigenvalue weighted by molar-refractivity contribution is 0.488. The van der Waals surface area contributed by atoms with E-state index in [0.29, 0.717) is 0 Å². The van der Waals surface area contributed by atoms with Crippen LogP contribution < -0.4 is 46.9 Å². The number of hydrogen-bond donors (Lipinski definition) is 0. The molecule has 252 valence electrons. The van der Waals surface area contributed by atoms with Crippen LogP contribution in [0.4, 0.5) is 0 Å². The fourth-order valence-electron chi connectivity index (χ4n) is 8.75. The highest BCUT2D eigenvalue weighted by Gasteiger charge is 2.60. The van der Waals surface area contributed by atoms with E-state index >= 15 is 0 Å². The number of ether oxygens (including phenoxy) is 1. The van der Waals surface area contributed by atoms with E-state index in [1.54, 1.807) is 0 Å². The molecule has 1 aliphatic heterocycles. The first kappa shape index (κ1) is 35.1. The molecule has 0 amide bonds. The molecule has 0 aromatic heterocycles. The highest BCUT2D eigenvalue weighted by molar-refractivity contribution is 8.26. The van der Waals surface area contributed by atoms with Gasteiger partial charge in [-0.25, -0.2) is 0 Å². The first-order valence-corrected chi connectivity index (χ1v) is 24.9. The quantitative estimate of drug-likeness (QED) is 0.125. The predicted octanol–water partition coefficient (Wildman–Crippen LogP) is 8.47. The zero-order valence-corrected chi connectivity index (χ0v) is 34.1. The summed E-state index contributed by atoms with van der Waals surface area (Å²) in [4.78, 5) is 0. The van der Waals surface area contributed by atoms with Gasteiger partial charge in [0.2, 0.25) is 0 Å². The van der Waals surface area contributed by atoms with Crippen LogP contribution in [0.2, 0.25) is 10.1 Å². The third kappa shape index (κ3) is 5.30. The zero-order valence-electron chi connectivity index (χ0n) is 29.6. The van der Waals surface area contributed by atoms with Gasteiger partial charge in [0.25, 0.3) is 0 Å². The fraction of sp³-hybridized carbons (Fsp3) is 0.182. The van der Waals surface area contributed by atoms with Gasteiger partial charge in [0.05, 0.1) is 0 Å². The number of rotatable bonds is 6. The summed E-state index contributed by atoms with van der Waals surface area (Å²) in [6.45, 7) is 14.7. The Hall–Kier alpha value is -3.36. The van der Waals surface area contributed by atoms with E-state index in [9.17, 15) is 0 Å². The lowest BCUT2D eigenvalue weighted by Gasteiger charge is -2.55. The Labute approximate surface area is 309 Å². The van der Waals surface area contributed by atoms with Gasteiger partial charge in [0.1, 0.15) is 19.6 Å². The Kier molecular flexibility index (Phi) is 9.11. The monoisotopic (exact) mass is 742 g/mol. The molecule has 50 heavy (non-hydrogen) atoms. The first-order chi connectivity index (χ1) is 23.9. The maximum Gasteiger partial charge on any atom is 0.138 e. The number of benzene rings is 6. The topological polar surface area (TPSA) is 9.23 Å². The Morgan fingerprint density at radius 2 is 0.680 bits per heavy atom. The molecule has 0 aliphatic carbocycles. The van der Waals surface area contributed by atoms with Gasteiger partial charge in [0.15, 0.2) is 0 Å². The normalized spacial score (nSPS) is 14.3. The molecule has 0 N–H and O–H groups in total. The van der Waals surface area contributed by atoms with Crippen molar-refractivity contribution >= 4 is 86.0 Å². The van der Waals surface area contributed by atoms with Gasteiger partial charge < -0.3 is 4.74 Å². The number of fused-ring (bicyclic) bond motifs is 2. The molecule has 6 heteroatoms. The molecule has 7 rings (SSSR count). The molecule has 1 aliphatic rings. The van der Waals surface area contributed by atoms with Crippen molar-refractivity contribution < 1.29 is 4.74 Å². The number of hydrogen-bond acceptors (Lipinski definition) is 3. The Morgan fingerprint density at radius 1 is 0.400 bits per heavy atom. The van der Waals surface area contributed by atoms with E-state index < -0.39 is 20.1 Å². The molecule has 1 heterocycles. The average molecular weight is 743 g/mol. The highest BCUT2D eigenvalue weighted by atomic mass is 32.4. The van der Waals surface area contributed by atoms with Crippen molar-refractivity contribution in [2.75, 3.05) is 0 Å². The average Bonchev–Trinajstić information content (AvgIpc) is 3.13. The van der Waals surface area contributed by atoms with E-state index in [1.165, 1.54) is 10.4 Å². The van der Waals surface area contributed by atoms with Crippen molar-refractivity contribution in [3.8, 4) is 11.5 Å². The molecule has 0 atom stereocenters. The lowest BCUT2D eigenvalue weighted by atomic mass is 10.2. The van der Waals surface area contributed by atoms with Crippen LogP contribution in [0.5, 0.6) is 11.5 Å². The van der Waals surface area contributed by atoms with Gasteiger partial charge in [-0.15, -0.1) is 0 Å². The minimum atomic E-state index is -2.73. The maximum atomic E-state index is 7.62. The maximum absolute atomic E-state index is 7.62. The Morgan fingerprint density at radius 3 is 0.940 bits per heavy atom. The van der Waals surface area contributed by atoms with E-state index in [-0.39, 0.29) is 10.1 Å². The summed E-state index contributed by atoms with van der Waals surface area (Å²) in [6, 6.07) is 51.4. The van der Waals surface area contributed by atoms with Crippen LogP contribution in [0.25, 0.3) is 0 Å². The van der Waals surface area contributed by atoms with Crippen LogP contribution >= 0.6 is 12.1 Å². The van der Waals surface area contributed by atoms with Gasteiger partial charge in [-0.2, -0.15) is 0 Å². The van der Waals surface area contributed by atoms with Gasteiger partial charge in [-0.3, -0.25) is 0 Å². The fourth-order valence-corrected chi connectivity index (χ4v) is 24.4. The van der Waals surface area contributed by atoms with Crippen LogP contribution in [-0.4, -0.2) is 8.07 Å². The Balaban J connectivity index is 1.64. The summed E-state index contributed by atoms with van der Waals surface area (Å²) in [5.74, 6) is 1.89. The van der Waals surface area contributed by atoms with Crippen molar-refractivity contribution in [1.29, 1.82) is 0 Å². The predicted molar refractivity (Wildman–Crippen MR) is 230 cm³/mol. The molecular weight excluding hydrogens is 699 g/mol. The summed E-state index contributed by atoms with van der Waals surface area (Å²) in [5, 5.41) is 9.36. The second-order valence-electron chi connectivity index (χ2n) is 15.2. The van der Waals surface area contributed by atoms with Crippen molar-refractivity contribution in [1.82, 2.24) is 0 Å². The highest BCUT2D eigenvalue weighted by Crippen LogP contribution is 2.57. The minimum absolute atomic E-state index is 0.0834. The molecule has 0 unspecified atom stereocenters. The summed E-state index contributed by atoms with van der Waals surface area (Å²) in [7, 11) is -2.73. The third-order valence-electron chi connectivity index (χ3n) is 10.4. The second kappa shape index (κ2) is 13.0. The van der Waals surface area contributed by atoms with E-state index in [1.807, 2.05) is 0 Å². The minimum Gasteiger partial charge on any atom is -0.456 e. The Bertz CT molecular complexity index is 2010. The van der Waals surface area contributed by atoms with Gasteiger partial charge in [0, 0.05) is 22.7 Å². The van der Waals surface area contributed by atoms with Gasteiger partial charge in [-0.05, 0) is 53.8 Å². The van der Waals surface area contributed by atoms with Crippen LogP contribution in [0.3, 0.4) is 0 Å². The largest absolute Gasteiger partial charge is 0.456 e. The molecule has 6 aromatic carbocycles. The SMILES string of the molecule is CC(C)(C)[Si]1(C(C)(C)C)c2cccc(P(=S)(c3ccccc3)c3ccccc3)c2Oc2c1cccc2P(=S)(c1ccccc1)c1ccccc1. The summed E-state index contributed by atoms with van der Waals surface area (Å²) in [5.41, 5.74) is 0.